The number of Topliss-reactive ketones (excluding diaryl/α,β-unsaturated/α-hetero) is 1. The maximum absolute atomic E-state index is 13.6. The largest absolute Gasteiger partial charge is 0.360 e. The van der Waals surface area contributed by atoms with E-state index in [4.69, 9.17) is 0 Å². The number of hydrogen-bond acceptors (Lipinski definition) is 4. The molecule has 2 aromatic heterocycles. The minimum Gasteiger partial charge on any atom is -0.360 e. The monoisotopic (exact) mass is 404 g/mol. The van der Waals surface area contributed by atoms with Crippen molar-refractivity contribution in [2.24, 2.45) is 0 Å². The van der Waals surface area contributed by atoms with Crippen LogP contribution < -0.4 is 0 Å². The van der Waals surface area contributed by atoms with Crippen LogP contribution in [0.1, 0.15) is 47.4 Å². The zero-order valence-electron chi connectivity index (χ0n) is 16.4. The highest BCUT2D eigenvalue weighted by Crippen LogP contribution is 2.38. The van der Waals surface area contributed by atoms with Gasteiger partial charge >= 0.3 is 0 Å². The van der Waals surface area contributed by atoms with Crippen LogP contribution in [0, 0.1) is 0 Å². The van der Waals surface area contributed by atoms with Crippen LogP contribution in [0.15, 0.2) is 72.3 Å². The fraction of sp³-hybridized carbons (Fsp3) is 0.261. The molecule has 0 aliphatic carbocycles. The molecule has 0 fully saturated rings. The molecular formula is C23H24N4OS. The summed E-state index contributed by atoms with van der Waals surface area (Å²) in [6.45, 7) is 3.05. The summed E-state index contributed by atoms with van der Waals surface area (Å²) in [4.78, 5) is 16.8. The predicted octanol–water partition coefficient (Wildman–Crippen LogP) is 5.67. The second-order valence-corrected chi connectivity index (χ2v) is 8.11. The number of carbonyl (C=O) groups is 1. The summed E-state index contributed by atoms with van der Waals surface area (Å²) in [7, 11) is 0. The molecule has 0 aliphatic heterocycles. The van der Waals surface area contributed by atoms with Gasteiger partial charge in [0.1, 0.15) is 11.6 Å². The first-order valence-electron chi connectivity index (χ1n) is 9.97. The van der Waals surface area contributed by atoms with Crippen molar-refractivity contribution in [1.29, 1.82) is 0 Å². The molecule has 0 amide bonds. The van der Waals surface area contributed by atoms with Crippen LogP contribution in [0.5, 0.6) is 0 Å². The number of nitrogens with one attached hydrogen (secondary N) is 1. The molecule has 2 aromatic carbocycles. The predicted molar refractivity (Wildman–Crippen MR) is 117 cm³/mol. The number of rotatable bonds is 9. The van der Waals surface area contributed by atoms with Crippen LogP contribution in [-0.4, -0.2) is 25.5 Å². The van der Waals surface area contributed by atoms with E-state index >= 15 is 0 Å². The number of hydrogen-bond donors (Lipinski definition) is 1. The number of benzene rings is 2. The molecule has 0 aliphatic rings. The minimum absolute atomic E-state index is 0.0711. The Bertz CT molecular complexity index is 1090. The number of fused-ring (bicyclic) bond motifs is 1. The number of thioether (sulfide) groups is 1. The second kappa shape index (κ2) is 9.09. The molecule has 4 rings (SSSR count). The van der Waals surface area contributed by atoms with E-state index < -0.39 is 0 Å². The molecule has 0 bridgehead atoms. The number of aromatic nitrogens is 4. The molecule has 6 heteroatoms. The van der Waals surface area contributed by atoms with E-state index in [0.717, 1.165) is 41.0 Å². The highest BCUT2D eigenvalue weighted by Gasteiger charge is 2.27. The molecule has 148 valence electrons. The van der Waals surface area contributed by atoms with E-state index in [-0.39, 0.29) is 11.0 Å². The van der Waals surface area contributed by atoms with Crippen molar-refractivity contribution in [2.45, 2.75) is 43.1 Å². The van der Waals surface area contributed by atoms with E-state index in [1.54, 1.807) is 6.33 Å². The highest BCUT2D eigenvalue weighted by atomic mass is 32.2. The van der Waals surface area contributed by atoms with Crippen LogP contribution in [-0.2, 0) is 6.54 Å². The Kier molecular flexibility index (Phi) is 6.10. The Labute approximate surface area is 174 Å². The summed E-state index contributed by atoms with van der Waals surface area (Å²) in [5.74, 6) is 0.0711. The minimum atomic E-state index is -0.385. The molecule has 0 saturated heterocycles. The molecule has 2 heterocycles. The average molecular weight is 405 g/mol. The molecule has 4 aromatic rings. The van der Waals surface area contributed by atoms with E-state index in [1.807, 2.05) is 60.8 Å². The van der Waals surface area contributed by atoms with Crippen molar-refractivity contribution in [1.82, 2.24) is 19.7 Å². The van der Waals surface area contributed by atoms with E-state index in [1.165, 1.54) is 18.2 Å². The maximum atomic E-state index is 13.6. The first-order valence-corrected chi connectivity index (χ1v) is 10.9. The summed E-state index contributed by atoms with van der Waals surface area (Å²) in [6.07, 6.45) is 6.98. The van der Waals surface area contributed by atoms with Crippen molar-refractivity contribution < 1.29 is 4.79 Å². The van der Waals surface area contributed by atoms with Crippen LogP contribution in [0.2, 0.25) is 0 Å². The first-order chi connectivity index (χ1) is 14.3. The molecular weight excluding hydrogens is 380 g/mol. The van der Waals surface area contributed by atoms with E-state index in [2.05, 4.69) is 26.7 Å². The van der Waals surface area contributed by atoms with Gasteiger partial charge in [-0.3, -0.25) is 4.79 Å². The van der Waals surface area contributed by atoms with Gasteiger partial charge in [-0.15, -0.1) is 10.2 Å². The lowest BCUT2D eigenvalue weighted by Crippen LogP contribution is -2.11. The Morgan fingerprint density at radius 2 is 1.90 bits per heavy atom. The smallest absolute Gasteiger partial charge is 0.192 e. The van der Waals surface area contributed by atoms with E-state index in [0.29, 0.717) is 5.56 Å². The fourth-order valence-electron chi connectivity index (χ4n) is 3.44. The van der Waals surface area contributed by atoms with Crippen molar-refractivity contribution in [3.63, 3.8) is 0 Å². The Morgan fingerprint density at radius 3 is 2.72 bits per heavy atom. The lowest BCUT2D eigenvalue weighted by Gasteiger charge is -2.16. The van der Waals surface area contributed by atoms with Crippen molar-refractivity contribution >= 4 is 28.4 Å². The summed E-state index contributed by atoms with van der Waals surface area (Å²) < 4.78 is 2.05. The van der Waals surface area contributed by atoms with Gasteiger partial charge in [-0.2, -0.15) is 0 Å². The molecule has 29 heavy (non-hydrogen) atoms. The number of aryl methyl sites for hydroxylation is 1. The van der Waals surface area contributed by atoms with Crippen molar-refractivity contribution in [2.75, 3.05) is 0 Å². The molecule has 0 spiro atoms. The normalized spacial score (nSPS) is 12.3. The molecule has 0 unspecified atom stereocenters. The first kappa shape index (κ1) is 19.5. The zero-order chi connectivity index (χ0) is 20.1. The highest BCUT2D eigenvalue weighted by molar-refractivity contribution is 8.00. The Morgan fingerprint density at radius 1 is 1.10 bits per heavy atom. The number of aromatic amines is 1. The van der Waals surface area contributed by atoms with Gasteiger partial charge in [0, 0.05) is 29.2 Å². The summed E-state index contributed by atoms with van der Waals surface area (Å²) in [6, 6.07) is 17.8. The van der Waals surface area contributed by atoms with Crippen LogP contribution in [0.4, 0.5) is 0 Å². The lowest BCUT2D eigenvalue weighted by atomic mass is 10.0. The number of H-pyrrole nitrogens is 1. The van der Waals surface area contributed by atoms with Gasteiger partial charge in [0.25, 0.3) is 0 Å². The van der Waals surface area contributed by atoms with E-state index in [9.17, 15) is 4.79 Å². The van der Waals surface area contributed by atoms with Gasteiger partial charge in [-0.05, 0) is 18.1 Å². The number of ketones is 1. The van der Waals surface area contributed by atoms with Crippen LogP contribution in [0.25, 0.3) is 10.9 Å². The average Bonchev–Trinajstić information content (AvgIpc) is 3.39. The van der Waals surface area contributed by atoms with Gasteiger partial charge in [0.2, 0.25) is 0 Å². The number of unbranched alkanes of at least 4 members (excludes halogenated alkanes) is 2. The third-order valence-corrected chi connectivity index (χ3v) is 6.25. The fourth-order valence-corrected chi connectivity index (χ4v) is 4.55. The number of para-hydroxylation sites is 1. The van der Waals surface area contributed by atoms with Crippen molar-refractivity contribution in [3.8, 4) is 0 Å². The van der Waals surface area contributed by atoms with Gasteiger partial charge in [-0.1, -0.05) is 80.1 Å². The van der Waals surface area contributed by atoms with Gasteiger partial charge < -0.3 is 9.55 Å². The molecule has 1 atom stereocenters. The quantitative estimate of drug-likeness (QED) is 0.222. The second-order valence-electron chi connectivity index (χ2n) is 7.03. The summed E-state index contributed by atoms with van der Waals surface area (Å²) in [5, 5.41) is 9.74. The third-order valence-electron chi connectivity index (χ3n) is 5.00. The van der Waals surface area contributed by atoms with Crippen LogP contribution >= 0.6 is 11.8 Å². The lowest BCUT2D eigenvalue weighted by molar-refractivity contribution is 0.0991. The molecule has 1 N–H and O–H groups in total. The summed E-state index contributed by atoms with van der Waals surface area (Å²) in [5.41, 5.74) is 2.64. The van der Waals surface area contributed by atoms with Gasteiger partial charge in [-0.25, -0.2) is 0 Å². The summed E-state index contributed by atoms with van der Waals surface area (Å²) >= 11 is 1.47. The Hall–Kier alpha value is -2.86. The standard InChI is InChI=1S/C23H24N4OS/c1-2-3-9-14-27-16-25-26-23(27)29-22(17-10-5-4-6-11-17)21(28)19-15-24-20-13-8-7-12-18(19)20/h4-8,10-13,15-16,22,24H,2-3,9,14H2,1H3/t22-/m0/s1. The number of carbonyl (C=O) groups excluding carboxylic acids is 1. The van der Waals surface area contributed by atoms with Gasteiger partial charge in [0.15, 0.2) is 10.9 Å². The molecule has 5 nitrogen and oxygen atoms in total. The third kappa shape index (κ3) is 4.27. The molecule has 0 radical (unpaired) electrons. The van der Waals surface area contributed by atoms with Crippen molar-refractivity contribution in [3.05, 3.63) is 78.2 Å². The van der Waals surface area contributed by atoms with Gasteiger partial charge in [0.05, 0.1) is 0 Å². The zero-order valence-corrected chi connectivity index (χ0v) is 17.2. The SMILES string of the molecule is CCCCCn1cnnc1S[C@H](C(=O)c1c[nH]c2ccccc12)c1ccccc1. The number of nitrogens with zero attached hydrogens (tertiary/aromatic N) is 3. The topological polar surface area (TPSA) is 63.6 Å². The Balaban J connectivity index is 1.67. The maximum Gasteiger partial charge on any atom is 0.192 e. The molecule has 0 saturated carbocycles. The van der Waals surface area contributed by atoms with Crippen LogP contribution in [0.3, 0.4) is 0 Å².